The van der Waals surface area contributed by atoms with E-state index in [0.717, 1.165) is 37.5 Å². The van der Waals surface area contributed by atoms with Gasteiger partial charge in [-0.1, -0.05) is 56.2 Å². The monoisotopic (exact) mass is 440 g/mol. The summed E-state index contributed by atoms with van der Waals surface area (Å²) in [6.45, 7) is 3.94. The molecule has 2 unspecified atom stereocenters. The Morgan fingerprint density at radius 3 is 2.22 bits per heavy atom. The fourth-order valence-electron chi connectivity index (χ4n) is 6.63. The fourth-order valence-corrected chi connectivity index (χ4v) is 6.63. The van der Waals surface area contributed by atoms with E-state index in [2.05, 4.69) is 31.2 Å². The van der Waals surface area contributed by atoms with Gasteiger partial charge in [-0.25, -0.2) is 8.78 Å². The van der Waals surface area contributed by atoms with Crippen LogP contribution in [0.2, 0.25) is 0 Å². The molecule has 0 heterocycles. The van der Waals surface area contributed by atoms with Crippen molar-refractivity contribution >= 4 is 0 Å². The Balaban J connectivity index is 1.23. The SMILES string of the molecule is CCCC1CCC(/C=C/C2C=CC(C3CCC(c4ccc(C)c(F)c4F)CC3)CC2)CC1. The highest BCUT2D eigenvalue weighted by Gasteiger charge is 2.30. The van der Waals surface area contributed by atoms with Gasteiger partial charge in [0.1, 0.15) is 0 Å². The minimum atomic E-state index is -0.659. The summed E-state index contributed by atoms with van der Waals surface area (Å²) in [6.07, 6.45) is 25.1. The summed E-state index contributed by atoms with van der Waals surface area (Å²) in [7, 11) is 0. The third-order valence-corrected chi connectivity index (χ3v) is 8.78. The highest BCUT2D eigenvalue weighted by atomic mass is 19.2. The number of aryl methyl sites for hydroxylation is 1. The van der Waals surface area contributed by atoms with Crippen molar-refractivity contribution in [3.8, 4) is 0 Å². The molecule has 0 amide bonds. The van der Waals surface area contributed by atoms with Crippen molar-refractivity contribution in [1.29, 1.82) is 0 Å². The lowest BCUT2D eigenvalue weighted by atomic mass is 9.70. The van der Waals surface area contributed by atoms with E-state index >= 15 is 0 Å². The molecule has 2 fully saturated rings. The smallest absolute Gasteiger partial charge is 0.162 e. The molecule has 0 saturated heterocycles. The van der Waals surface area contributed by atoms with Gasteiger partial charge in [0.2, 0.25) is 0 Å². The molecule has 3 aliphatic rings. The molecule has 1 aromatic carbocycles. The van der Waals surface area contributed by atoms with Gasteiger partial charge in [0.15, 0.2) is 11.6 Å². The maximum absolute atomic E-state index is 14.4. The second-order valence-electron chi connectivity index (χ2n) is 11.0. The molecule has 2 atom stereocenters. The molecule has 0 bridgehead atoms. The van der Waals surface area contributed by atoms with Crippen LogP contribution in [-0.2, 0) is 0 Å². The number of rotatable bonds is 6. The molecular weight excluding hydrogens is 398 g/mol. The summed E-state index contributed by atoms with van der Waals surface area (Å²) in [6, 6.07) is 3.54. The molecule has 3 aliphatic carbocycles. The van der Waals surface area contributed by atoms with Gasteiger partial charge in [0, 0.05) is 0 Å². The normalized spacial score (nSPS) is 33.6. The third-order valence-electron chi connectivity index (χ3n) is 8.78. The highest BCUT2D eigenvalue weighted by Crippen LogP contribution is 2.43. The lowest BCUT2D eigenvalue weighted by Gasteiger charge is -2.35. The first-order valence-electron chi connectivity index (χ1n) is 13.4. The van der Waals surface area contributed by atoms with Gasteiger partial charge >= 0.3 is 0 Å². The van der Waals surface area contributed by atoms with Crippen molar-refractivity contribution in [1.82, 2.24) is 0 Å². The minimum absolute atomic E-state index is 0.178. The maximum atomic E-state index is 14.4. The zero-order valence-corrected chi connectivity index (χ0v) is 20.2. The lowest BCUT2D eigenvalue weighted by Crippen LogP contribution is -2.23. The summed E-state index contributed by atoms with van der Waals surface area (Å²) < 4.78 is 28.4. The van der Waals surface area contributed by atoms with Gasteiger partial charge in [-0.05, 0) is 118 Å². The molecular formula is C30H42F2. The van der Waals surface area contributed by atoms with Crippen molar-refractivity contribution in [2.45, 2.75) is 96.8 Å². The van der Waals surface area contributed by atoms with Gasteiger partial charge in [0.25, 0.3) is 0 Å². The molecule has 0 N–H and O–H groups in total. The predicted octanol–water partition coefficient (Wildman–Crippen LogP) is 9.29. The molecule has 0 aliphatic heterocycles. The van der Waals surface area contributed by atoms with E-state index in [1.807, 2.05) is 6.07 Å². The molecule has 32 heavy (non-hydrogen) atoms. The average molecular weight is 441 g/mol. The molecule has 0 spiro atoms. The van der Waals surface area contributed by atoms with Crippen LogP contribution in [0.15, 0.2) is 36.4 Å². The largest absolute Gasteiger partial charge is 0.203 e. The van der Waals surface area contributed by atoms with Crippen LogP contribution < -0.4 is 0 Å². The highest BCUT2D eigenvalue weighted by molar-refractivity contribution is 5.28. The topological polar surface area (TPSA) is 0 Å². The predicted molar refractivity (Wildman–Crippen MR) is 131 cm³/mol. The van der Waals surface area contributed by atoms with Crippen molar-refractivity contribution in [2.24, 2.45) is 29.6 Å². The van der Waals surface area contributed by atoms with Gasteiger partial charge in [-0.3, -0.25) is 0 Å². The molecule has 0 nitrogen and oxygen atoms in total. The zero-order chi connectivity index (χ0) is 22.5. The Morgan fingerprint density at radius 2 is 1.56 bits per heavy atom. The number of allylic oxidation sites excluding steroid dienone is 4. The van der Waals surface area contributed by atoms with E-state index in [-0.39, 0.29) is 5.92 Å². The fraction of sp³-hybridized carbons (Fsp3) is 0.667. The first-order valence-corrected chi connectivity index (χ1v) is 13.4. The average Bonchev–Trinajstić information content (AvgIpc) is 2.83. The summed E-state index contributed by atoms with van der Waals surface area (Å²) in [5.41, 5.74) is 1.000. The number of benzene rings is 1. The minimum Gasteiger partial charge on any atom is -0.203 e. The van der Waals surface area contributed by atoms with Crippen LogP contribution in [-0.4, -0.2) is 0 Å². The summed E-state index contributed by atoms with van der Waals surface area (Å²) in [4.78, 5) is 0. The first kappa shape index (κ1) is 23.7. The zero-order valence-electron chi connectivity index (χ0n) is 20.2. The maximum Gasteiger partial charge on any atom is 0.162 e. The number of hydrogen-bond donors (Lipinski definition) is 0. The molecule has 2 heteroatoms. The number of halogens is 2. The van der Waals surface area contributed by atoms with Gasteiger partial charge in [0.05, 0.1) is 0 Å². The summed E-state index contributed by atoms with van der Waals surface area (Å²) in [5.74, 6) is 2.68. The molecule has 1 aromatic rings. The number of hydrogen-bond acceptors (Lipinski definition) is 0. The Labute approximate surface area is 194 Å². The van der Waals surface area contributed by atoms with Crippen molar-refractivity contribution < 1.29 is 8.78 Å². The van der Waals surface area contributed by atoms with Crippen LogP contribution in [0.1, 0.15) is 101 Å². The molecule has 2 saturated carbocycles. The van der Waals surface area contributed by atoms with Gasteiger partial charge in [-0.15, -0.1) is 0 Å². The summed E-state index contributed by atoms with van der Waals surface area (Å²) in [5, 5.41) is 0. The van der Waals surface area contributed by atoms with Crippen LogP contribution in [0, 0.1) is 48.1 Å². The lowest BCUT2D eigenvalue weighted by molar-refractivity contribution is 0.242. The first-order chi connectivity index (χ1) is 15.5. The van der Waals surface area contributed by atoms with Crippen molar-refractivity contribution in [3.63, 3.8) is 0 Å². The van der Waals surface area contributed by atoms with E-state index in [9.17, 15) is 8.78 Å². The summed E-state index contributed by atoms with van der Waals surface area (Å²) >= 11 is 0. The van der Waals surface area contributed by atoms with Crippen LogP contribution in [0.4, 0.5) is 8.78 Å². The molecule has 0 radical (unpaired) electrons. The quantitative estimate of drug-likeness (QED) is 0.387. The Kier molecular flexibility index (Phi) is 8.24. The van der Waals surface area contributed by atoms with Crippen LogP contribution >= 0.6 is 0 Å². The Hall–Kier alpha value is -1.44. The van der Waals surface area contributed by atoms with E-state index in [1.165, 1.54) is 51.4 Å². The third kappa shape index (κ3) is 5.72. The second kappa shape index (κ2) is 11.1. The van der Waals surface area contributed by atoms with Gasteiger partial charge in [-0.2, -0.15) is 0 Å². The van der Waals surface area contributed by atoms with Crippen LogP contribution in [0.3, 0.4) is 0 Å². The van der Waals surface area contributed by atoms with Gasteiger partial charge < -0.3 is 0 Å². The molecule has 0 aromatic heterocycles. The Bertz CT molecular complexity index is 791. The standard InChI is InChI=1S/C30H42F2/c1-3-4-22-6-8-23(9-7-22)10-11-24-12-14-25(15-13-24)26-16-18-27(19-17-26)28-20-5-21(2)29(31)30(28)32/h5,10-12,14,20,22-27H,3-4,6-9,13,15-19H2,1-2H3/b11-10+. The molecule has 4 rings (SSSR count). The van der Waals surface area contributed by atoms with E-state index in [1.54, 1.807) is 13.0 Å². The van der Waals surface area contributed by atoms with Crippen molar-refractivity contribution in [3.05, 3.63) is 59.2 Å². The van der Waals surface area contributed by atoms with E-state index in [4.69, 9.17) is 0 Å². The van der Waals surface area contributed by atoms with E-state index in [0.29, 0.717) is 28.9 Å². The molecule has 176 valence electrons. The van der Waals surface area contributed by atoms with E-state index < -0.39 is 11.6 Å². The Morgan fingerprint density at radius 1 is 0.812 bits per heavy atom. The second-order valence-corrected chi connectivity index (χ2v) is 11.0. The van der Waals surface area contributed by atoms with Crippen LogP contribution in [0.5, 0.6) is 0 Å². The van der Waals surface area contributed by atoms with Crippen molar-refractivity contribution in [2.75, 3.05) is 0 Å². The van der Waals surface area contributed by atoms with Crippen LogP contribution in [0.25, 0.3) is 0 Å².